The van der Waals surface area contributed by atoms with Crippen LogP contribution in [0.2, 0.25) is 0 Å². The first kappa shape index (κ1) is 14.4. The van der Waals surface area contributed by atoms with Crippen molar-refractivity contribution in [3.8, 4) is 17.6 Å². The van der Waals surface area contributed by atoms with Crippen LogP contribution in [0.1, 0.15) is 11.1 Å². The van der Waals surface area contributed by atoms with Crippen molar-refractivity contribution >= 4 is 5.69 Å². The fraction of sp³-hybridized carbons (Fsp3) is 0.0714. The molecule has 0 N–H and O–H groups in total. The van der Waals surface area contributed by atoms with Gasteiger partial charge in [-0.25, -0.2) is 8.78 Å². The first-order valence-corrected chi connectivity index (χ1v) is 5.74. The van der Waals surface area contributed by atoms with E-state index in [0.717, 1.165) is 12.1 Å². The van der Waals surface area contributed by atoms with Gasteiger partial charge in [-0.05, 0) is 30.7 Å². The maximum absolute atomic E-state index is 13.7. The molecule has 2 aromatic rings. The minimum atomic E-state index is -1.11. The molecule has 106 valence electrons. The highest BCUT2D eigenvalue weighted by atomic mass is 19.1. The van der Waals surface area contributed by atoms with E-state index in [2.05, 4.69) is 0 Å². The average Bonchev–Trinajstić information content (AvgIpc) is 2.43. The van der Waals surface area contributed by atoms with Crippen molar-refractivity contribution in [1.82, 2.24) is 0 Å². The molecular weight excluding hydrogens is 282 g/mol. The number of ether oxygens (including phenoxy) is 1. The molecule has 5 nitrogen and oxygen atoms in total. The summed E-state index contributed by atoms with van der Waals surface area (Å²) in [6.45, 7) is 1.64. The van der Waals surface area contributed by atoms with E-state index in [1.807, 2.05) is 0 Å². The molecule has 0 heterocycles. The number of aryl methyl sites for hydroxylation is 1. The lowest BCUT2D eigenvalue weighted by Gasteiger charge is -2.09. The molecule has 0 amide bonds. The number of nitro benzene ring substituents is 1. The van der Waals surface area contributed by atoms with Gasteiger partial charge in [0.05, 0.1) is 16.6 Å². The van der Waals surface area contributed by atoms with Crippen molar-refractivity contribution in [3.63, 3.8) is 0 Å². The number of nitrogens with zero attached hydrogens (tertiary/aromatic N) is 2. The van der Waals surface area contributed by atoms with Gasteiger partial charge in [-0.3, -0.25) is 10.1 Å². The van der Waals surface area contributed by atoms with Crippen molar-refractivity contribution in [2.75, 3.05) is 0 Å². The van der Waals surface area contributed by atoms with E-state index >= 15 is 0 Å². The fourth-order valence-corrected chi connectivity index (χ4v) is 1.69. The Morgan fingerprint density at radius 1 is 1.24 bits per heavy atom. The van der Waals surface area contributed by atoms with Gasteiger partial charge in [-0.15, -0.1) is 0 Å². The van der Waals surface area contributed by atoms with E-state index in [0.29, 0.717) is 5.56 Å². The SMILES string of the molecule is Cc1ccc(Oc2c(F)cc(C#N)cc2F)c([N+](=O)[O-])c1. The zero-order chi connectivity index (χ0) is 15.6. The third-order valence-corrected chi connectivity index (χ3v) is 2.65. The number of nitro groups is 1. The topological polar surface area (TPSA) is 76.2 Å². The molecule has 21 heavy (non-hydrogen) atoms. The molecule has 0 aromatic heterocycles. The van der Waals surface area contributed by atoms with Crippen molar-refractivity contribution in [2.45, 2.75) is 6.92 Å². The Morgan fingerprint density at radius 2 is 1.86 bits per heavy atom. The molecule has 0 radical (unpaired) electrons. The van der Waals surface area contributed by atoms with Crippen LogP contribution in [0.3, 0.4) is 0 Å². The van der Waals surface area contributed by atoms with Gasteiger partial charge in [0, 0.05) is 6.07 Å². The molecule has 0 saturated carbocycles. The van der Waals surface area contributed by atoms with Gasteiger partial charge in [0.1, 0.15) is 0 Å². The zero-order valence-electron chi connectivity index (χ0n) is 10.8. The van der Waals surface area contributed by atoms with E-state index in [-0.39, 0.29) is 11.3 Å². The Bertz CT molecular complexity index is 746. The van der Waals surface area contributed by atoms with Crippen LogP contribution in [-0.2, 0) is 0 Å². The van der Waals surface area contributed by atoms with Gasteiger partial charge in [-0.1, -0.05) is 6.07 Å². The van der Waals surface area contributed by atoms with E-state index in [1.54, 1.807) is 13.0 Å². The Morgan fingerprint density at radius 3 is 2.38 bits per heavy atom. The second-order valence-corrected chi connectivity index (χ2v) is 4.21. The normalized spacial score (nSPS) is 10.0. The quantitative estimate of drug-likeness (QED) is 0.635. The smallest absolute Gasteiger partial charge is 0.311 e. The lowest BCUT2D eigenvalue weighted by Crippen LogP contribution is -1.98. The van der Waals surface area contributed by atoms with Crippen LogP contribution in [-0.4, -0.2) is 4.92 Å². The predicted octanol–water partition coefficient (Wildman–Crippen LogP) is 3.85. The molecule has 0 saturated heterocycles. The number of halogens is 2. The molecule has 0 fully saturated rings. The summed E-state index contributed by atoms with van der Waals surface area (Å²) in [5, 5.41) is 19.5. The van der Waals surface area contributed by atoms with E-state index in [9.17, 15) is 18.9 Å². The molecule has 0 aliphatic rings. The fourth-order valence-electron chi connectivity index (χ4n) is 1.69. The highest BCUT2D eigenvalue weighted by Gasteiger charge is 2.20. The molecule has 7 heteroatoms. The third kappa shape index (κ3) is 2.95. The summed E-state index contributed by atoms with van der Waals surface area (Å²) >= 11 is 0. The van der Waals surface area contributed by atoms with Crippen molar-refractivity contribution in [1.29, 1.82) is 5.26 Å². The minimum Gasteiger partial charge on any atom is -0.444 e. The van der Waals surface area contributed by atoms with Gasteiger partial charge >= 0.3 is 5.69 Å². The van der Waals surface area contributed by atoms with E-state index < -0.39 is 28.0 Å². The summed E-state index contributed by atoms with van der Waals surface area (Å²) in [7, 11) is 0. The number of benzene rings is 2. The van der Waals surface area contributed by atoms with Crippen molar-refractivity contribution in [3.05, 3.63) is 63.2 Å². The molecule has 0 spiro atoms. The summed E-state index contributed by atoms with van der Waals surface area (Å²) < 4.78 is 32.4. The largest absolute Gasteiger partial charge is 0.444 e. The molecule has 0 bridgehead atoms. The molecule has 0 aliphatic heterocycles. The molecule has 0 aliphatic carbocycles. The van der Waals surface area contributed by atoms with Crippen LogP contribution in [0.4, 0.5) is 14.5 Å². The number of hydrogen-bond acceptors (Lipinski definition) is 4. The highest BCUT2D eigenvalue weighted by molar-refractivity contribution is 5.51. The minimum absolute atomic E-state index is 0.212. The molecule has 2 aromatic carbocycles. The highest BCUT2D eigenvalue weighted by Crippen LogP contribution is 2.34. The summed E-state index contributed by atoms with van der Waals surface area (Å²) in [5.74, 6) is -3.29. The Hall–Kier alpha value is -3.01. The maximum Gasteiger partial charge on any atom is 0.311 e. The van der Waals surface area contributed by atoms with Crippen LogP contribution in [0.5, 0.6) is 11.5 Å². The summed E-state index contributed by atoms with van der Waals surface area (Å²) in [4.78, 5) is 10.2. The Balaban J connectivity index is 2.49. The predicted molar refractivity (Wildman–Crippen MR) is 69.0 cm³/mol. The van der Waals surface area contributed by atoms with Crippen molar-refractivity contribution < 1.29 is 18.4 Å². The van der Waals surface area contributed by atoms with Crippen LogP contribution < -0.4 is 4.74 Å². The first-order valence-electron chi connectivity index (χ1n) is 5.74. The first-order chi connectivity index (χ1) is 9.92. The molecular formula is C14H8F2N2O3. The molecule has 0 atom stereocenters. The second-order valence-electron chi connectivity index (χ2n) is 4.21. The van der Waals surface area contributed by atoms with E-state index in [1.165, 1.54) is 18.2 Å². The van der Waals surface area contributed by atoms with Gasteiger partial charge < -0.3 is 4.74 Å². The van der Waals surface area contributed by atoms with Crippen LogP contribution in [0.15, 0.2) is 30.3 Å². The van der Waals surface area contributed by atoms with Crippen molar-refractivity contribution in [2.24, 2.45) is 0 Å². The standard InChI is InChI=1S/C14H8F2N2O3/c1-8-2-3-13(12(4-8)18(19)20)21-14-10(15)5-9(7-17)6-11(14)16/h2-6H,1H3. The van der Waals surface area contributed by atoms with Gasteiger partial charge in [0.2, 0.25) is 5.75 Å². The third-order valence-electron chi connectivity index (χ3n) is 2.65. The average molecular weight is 290 g/mol. The lowest BCUT2D eigenvalue weighted by molar-refractivity contribution is -0.385. The van der Waals surface area contributed by atoms with Gasteiger partial charge in [0.25, 0.3) is 0 Å². The van der Waals surface area contributed by atoms with Crippen LogP contribution in [0, 0.1) is 40.0 Å². The molecule has 0 unspecified atom stereocenters. The Labute approximate surface area is 118 Å². The monoisotopic (exact) mass is 290 g/mol. The maximum atomic E-state index is 13.7. The second kappa shape index (κ2) is 5.54. The van der Waals surface area contributed by atoms with Gasteiger partial charge in [-0.2, -0.15) is 5.26 Å². The van der Waals surface area contributed by atoms with Gasteiger partial charge in [0.15, 0.2) is 17.4 Å². The summed E-state index contributed by atoms with van der Waals surface area (Å²) in [5.41, 5.74) is -0.0104. The number of nitriles is 1. The Kier molecular flexibility index (Phi) is 3.80. The number of rotatable bonds is 3. The lowest BCUT2D eigenvalue weighted by atomic mass is 10.2. The van der Waals surface area contributed by atoms with Crippen LogP contribution in [0.25, 0.3) is 0 Å². The number of hydrogen-bond donors (Lipinski definition) is 0. The molecule has 2 rings (SSSR count). The van der Waals surface area contributed by atoms with Crippen LogP contribution >= 0.6 is 0 Å². The summed E-state index contributed by atoms with van der Waals surface area (Å²) in [6, 6.07) is 7.17. The zero-order valence-corrected chi connectivity index (χ0v) is 10.8. The van der Waals surface area contributed by atoms with E-state index in [4.69, 9.17) is 10.00 Å². The summed E-state index contributed by atoms with van der Waals surface area (Å²) in [6.07, 6.45) is 0.